The molecule has 0 saturated carbocycles. The molecule has 0 bridgehead atoms. The van der Waals surface area contributed by atoms with Crippen molar-refractivity contribution in [2.75, 3.05) is 23.4 Å². The zero-order valence-electron chi connectivity index (χ0n) is 14.9. The van der Waals surface area contributed by atoms with Gasteiger partial charge in [-0.3, -0.25) is 14.5 Å². The molecule has 0 radical (unpaired) electrons. The number of amides is 1. The number of aliphatic hydroxyl groups is 1. The highest BCUT2D eigenvalue weighted by Gasteiger charge is 2.17. The summed E-state index contributed by atoms with van der Waals surface area (Å²) in [7, 11) is 0. The average molecular weight is 383 g/mol. The third-order valence-electron chi connectivity index (χ3n) is 4.16. The Bertz CT molecular complexity index is 954. The number of aromatic nitrogens is 3. The van der Waals surface area contributed by atoms with Crippen molar-refractivity contribution in [1.29, 1.82) is 0 Å². The first kappa shape index (κ1) is 18.8. The van der Waals surface area contributed by atoms with Crippen LogP contribution in [0.1, 0.15) is 6.92 Å². The molecule has 2 aromatic carbocycles. The maximum atomic E-state index is 12.6. The van der Waals surface area contributed by atoms with Gasteiger partial charge in [-0.05, 0) is 49.5 Å². The first-order valence-corrected chi connectivity index (χ1v) is 8.94. The maximum absolute atomic E-state index is 12.6. The van der Waals surface area contributed by atoms with Gasteiger partial charge in [-0.2, -0.15) is 5.10 Å². The molecule has 1 heterocycles. The summed E-state index contributed by atoms with van der Waals surface area (Å²) in [5.41, 5.74) is 2.34. The van der Waals surface area contributed by atoms with Gasteiger partial charge in [-0.1, -0.05) is 24.3 Å². The van der Waals surface area contributed by atoms with Crippen molar-refractivity contribution < 1.29 is 9.90 Å². The molecule has 0 fully saturated rings. The number of carbonyl (C=O) groups excluding carboxylic acids is 1. The Morgan fingerprint density at radius 1 is 1.30 bits per heavy atom. The van der Waals surface area contributed by atoms with Crippen LogP contribution in [0.2, 0.25) is 0 Å². The first-order chi connectivity index (χ1) is 13.1. The van der Waals surface area contributed by atoms with Gasteiger partial charge in [0.15, 0.2) is 4.77 Å². The minimum Gasteiger partial charge on any atom is -0.394 e. The number of benzene rings is 2. The fourth-order valence-electron chi connectivity index (χ4n) is 2.74. The standard InChI is InChI=1S/C19H21N5O2S/c1-14(12-25)23(16-7-3-2-4-8-16)11-18(26)21-15-6-5-9-17(10-15)24-13-20-22-19(24)27/h2-10,13-14,25H,11-12H2,1H3,(H,21,26)(H,22,27). The van der Waals surface area contributed by atoms with E-state index in [1.807, 2.05) is 66.4 Å². The Labute approximate surface area is 162 Å². The van der Waals surface area contributed by atoms with Crippen LogP contribution < -0.4 is 10.2 Å². The molecule has 0 saturated heterocycles. The quantitative estimate of drug-likeness (QED) is 0.546. The molecule has 3 N–H and O–H groups in total. The van der Waals surface area contributed by atoms with Crippen LogP contribution in [-0.4, -0.2) is 45.0 Å². The van der Waals surface area contributed by atoms with Gasteiger partial charge < -0.3 is 15.3 Å². The first-order valence-electron chi connectivity index (χ1n) is 8.53. The molecule has 3 aromatic rings. The van der Waals surface area contributed by atoms with Gasteiger partial charge in [0.2, 0.25) is 5.91 Å². The van der Waals surface area contributed by atoms with Crippen molar-refractivity contribution in [1.82, 2.24) is 14.8 Å². The Morgan fingerprint density at radius 3 is 2.74 bits per heavy atom. The number of hydrogen-bond donors (Lipinski definition) is 3. The summed E-state index contributed by atoms with van der Waals surface area (Å²) in [5.74, 6) is -0.174. The predicted octanol–water partition coefficient (Wildman–Crippen LogP) is 2.76. The van der Waals surface area contributed by atoms with E-state index in [9.17, 15) is 9.90 Å². The molecule has 8 heteroatoms. The number of aliphatic hydroxyl groups excluding tert-OH is 1. The third kappa shape index (κ3) is 4.60. The van der Waals surface area contributed by atoms with Crippen LogP contribution >= 0.6 is 12.2 Å². The molecule has 1 amide bonds. The average Bonchev–Trinajstić information content (AvgIpc) is 3.12. The van der Waals surface area contributed by atoms with E-state index >= 15 is 0 Å². The summed E-state index contributed by atoms with van der Waals surface area (Å²) in [6, 6.07) is 16.7. The van der Waals surface area contributed by atoms with E-state index in [4.69, 9.17) is 12.2 Å². The Kier molecular flexibility index (Phi) is 6.00. The smallest absolute Gasteiger partial charge is 0.243 e. The zero-order chi connectivity index (χ0) is 19.2. The number of rotatable bonds is 7. The van der Waals surface area contributed by atoms with E-state index in [0.29, 0.717) is 10.5 Å². The van der Waals surface area contributed by atoms with Gasteiger partial charge in [0, 0.05) is 17.4 Å². The van der Waals surface area contributed by atoms with E-state index in [1.54, 1.807) is 10.9 Å². The van der Waals surface area contributed by atoms with Crippen molar-refractivity contribution in [3.05, 3.63) is 65.7 Å². The summed E-state index contributed by atoms with van der Waals surface area (Å²) in [6.45, 7) is 1.96. The molecule has 0 aliphatic carbocycles. The van der Waals surface area contributed by atoms with Crippen LogP contribution in [0, 0.1) is 4.77 Å². The molecule has 0 spiro atoms. The fraction of sp³-hybridized carbons (Fsp3) is 0.211. The number of aromatic amines is 1. The largest absolute Gasteiger partial charge is 0.394 e. The molecule has 27 heavy (non-hydrogen) atoms. The number of H-pyrrole nitrogens is 1. The highest BCUT2D eigenvalue weighted by atomic mass is 32.1. The number of hydrogen-bond acceptors (Lipinski definition) is 5. The highest BCUT2D eigenvalue weighted by molar-refractivity contribution is 7.71. The lowest BCUT2D eigenvalue weighted by atomic mass is 10.2. The molecule has 140 valence electrons. The monoisotopic (exact) mass is 383 g/mol. The van der Waals surface area contributed by atoms with E-state index in [2.05, 4.69) is 15.5 Å². The lowest BCUT2D eigenvalue weighted by molar-refractivity contribution is -0.115. The van der Waals surface area contributed by atoms with Crippen LogP contribution in [-0.2, 0) is 4.79 Å². The molecule has 0 aliphatic heterocycles. The van der Waals surface area contributed by atoms with Gasteiger partial charge in [0.25, 0.3) is 0 Å². The minimum atomic E-state index is -0.186. The van der Waals surface area contributed by atoms with E-state index in [-0.39, 0.29) is 25.1 Å². The van der Waals surface area contributed by atoms with Gasteiger partial charge in [-0.25, -0.2) is 0 Å². The third-order valence-corrected chi connectivity index (χ3v) is 4.45. The van der Waals surface area contributed by atoms with Crippen molar-refractivity contribution in [3.8, 4) is 5.69 Å². The zero-order valence-corrected chi connectivity index (χ0v) is 15.7. The predicted molar refractivity (Wildman–Crippen MR) is 108 cm³/mol. The second kappa shape index (κ2) is 8.61. The number of carbonyl (C=O) groups is 1. The number of anilines is 2. The normalized spacial score (nSPS) is 11.8. The summed E-state index contributed by atoms with van der Waals surface area (Å²) in [5, 5.41) is 19.1. The molecule has 1 atom stereocenters. The maximum Gasteiger partial charge on any atom is 0.243 e. The van der Waals surface area contributed by atoms with Crippen LogP contribution in [0.3, 0.4) is 0 Å². The Balaban J connectivity index is 1.75. The molecular formula is C19H21N5O2S. The molecule has 1 aromatic heterocycles. The molecule has 7 nitrogen and oxygen atoms in total. The molecule has 0 aliphatic rings. The van der Waals surface area contributed by atoms with Crippen LogP contribution in [0.5, 0.6) is 0 Å². The van der Waals surface area contributed by atoms with E-state index < -0.39 is 0 Å². The van der Waals surface area contributed by atoms with Crippen LogP contribution in [0.15, 0.2) is 60.9 Å². The van der Waals surface area contributed by atoms with Gasteiger partial charge in [-0.15, -0.1) is 0 Å². The minimum absolute atomic E-state index is 0.0452. The summed E-state index contributed by atoms with van der Waals surface area (Å²) in [6.07, 6.45) is 1.59. The molecular weight excluding hydrogens is 362 g/mol. The van der Waals surface area contributed by atoms with E-state index in [0.717, 1.165) is 11.4 Å². The van der Waals surface area contributed by atoms with Gasteiger partial charge in [0.05, 0.1) is 18.8 Å². The van der Waals surface area contributed by atoms with Crippen LogP contribution in [0.25, 0.3) is 5.69 Å². The number of nitrogens with zero attached hydrogens (tertiary/aromatic N) is 3. The number of para-hydroxylation sites is 1. The van der Waals surface area contributed by atoms with Crippen molar-refractivity contribution >= 4 is 29.5 Å². The summed E-state index contributed by atoms with van der Waals surface area (Å²) in [4.78, 5) is 14.5. The molecule has 3 rings (SSSR count). The van der Waals surface area contributed by atoms with Crippen molar-refractivity contribution in [2.45, 2.75) is 13.0 Å². The lowest BCUT2D eigenvalue weighted by Gasteiger charge is -2.29. The number of nitrogens with one attached hydrogen (secondary N) is 2. The highest BCUT2D eigenvalue weighted by Crippen LogP contribution is 2.18. The van der Waals surface area contributed by atoms with Gasteiger partial charge >= 0.3 is 0 Å². The summed E-state index contributed by atoms with van der Waals surface area (Å²) >= 11 is 5.18. The summed E-state index contributed by atoms with van der Waals surface area (Å²) < 4.78 is 2.19. The van der Waals surface area contributed by atoms with Crippen molar-refractivity contribution in [2.24, 2.45) is 0 Å². The molecule has 1 unspecified atom stereocenters. The fourth-order valence-corrected chi connectivity index (χ4v) is 2.95. The van der Waals surface area contributed by atoms with E-state index in [1.165, 1.54) is 0 Å². The SMILES string of the molecule is CC(CO)N(CC(=O)Nc1cccc(-n2cn[nH]c2=S)c1)c1ccccc1. The Morgan fingerprint density at radius 2 is 2.07 bits per heavy atom. The van der Waals surface area contributed by atoms with Gasteiger partial charge in [0.1, 0.15) is 6.33 Å². The topological polar surface area (TPSA) is 86.2 Å². The Hall–Kier alpha value is -2.97. The lowest BCUT2D eigenvalue weighted by Crippen LogP contribution is -2.41. The van der Waals surface area contributed by atoms with Crippen LogP contribution in [0.4, 0.5) is 11.4 Å². The second-order valence-electron chi connectivity index (χ2n) is 6.13. The van der Waals surface area contributed by atoms with Crippen molar-refractivity contribution in [3.63, 3.8) is 0 Å². The second-order valence-corrected chi connectivity index (χ2v) is 6.51.